The van der Waals surface area contributed by atoms with Crippen LogP contribution in [0.4, 0.5) is 5.69 Å². The van der Waals surface area contributed by atoms with Crippen LogP contribution in [0.1, 0.15) is 25.3 Å². The van der Waals surface area contributed by atoms with Crippen molar-refractivity contribution >= 4 is 23.4 Å². The lowest BCUT2D eigenvalue weighted by atomic mass is 10.1. The van der Waals surface area contributed by atoms with E-state index in [2.05, 4.69) is 22.8 Å². The molecular formula is C24H27N3O5. The lowest BCUT2D eigenvalue weighted by Gasteiger charge is -2.18. The minimum absolute atomic E-state index is 0.103. The molecule has 2 N–H and O–H groups in total. The number of carbonyl (C=O) groups is 3. The van der Waals surface area contributed by atoms with Gasteiger partial charge in [0.25, 0.3) is 0 Å². The maximum atomic E-state index is 12.7. The molecule has 1 fully saturated rings. The molecule has 2 aliphatic rings. The second-order valence-electron chi connectivity index (χ2n) is 8.05. The molecule has 4 rings (SSSR count). The predicted molar refractivity (Wildman–Crippen MR) is 118 cm³/mol. The van der Waals surface area contributed by atoms with Gasteiger partial charge in [0.1, 0.15) is 6.04 Å². The van der Waals surface area contributed by atoms with E-state index >= 15 is 0 Å². The van der Waals surface area contributed by atoms with Gasteiger partial charge in [0.2, 0.25) is 24.5 Å². The van der Waals surface area contributed by atoms with Gasteiger partial charge < -0.3 is 25.0 Å². The van der Waals surface area contributed by atoms with Crippen molar-refractivity contribution in [2.75, 3.05) is 24.8 Å². The van der Waals surface area contributed by atoms with Crippen molar-refractivity contribution in [1.29, 1.82) is 0 Å². The Hall–Kier alpha value is -3.55. The number of hydrogen-bond donors (Lipinski definition) is 2. The summed E-state index contributed by atoms with van der Waals surface area (Å²) in [5, 5.41) is 5.60. The molecule has 32 heavy (non-hydrogen) atoms. The van der Waals surface area contributed by atoms with E-state index < -0.39 is 12.0 Å². The van der Waals surface area contributed by atoms with E-state index in [1.165, 1.54) is 5.56 Å². The van der Waals surface area contributed by atoms with Crippen LogP contribution in [0.2, 0.25) is 0 Å². The van der Waals surface area contributed by atoms with Crippen LogP contribution < -0.4 is 25.0 Å². The first-order chi connectivity index (χ1) is 15.5. The van der Waals surface area contributed by atoms with E-state index in [1.54, 1.807) is 30.0 Å². The summed E-state index contributed by atoms with van der Waals surface area (Å²) in [6, 6.07) is 14.7. The summed E-state index contributed by atoms with van der Waals surface area (Å²) in [6.07, 6.45) is 1.80. The molecule has 2 heterocycles. The largest absolute Gasteiger partial charge is 0.454 e. The van der Waals surface area contributed by atoms with E-state index in [0.29, 0.717) is 23.7 Å². The molecule has 0 radical (unpaired) electrons. The molecule has 0 bridgehead atoms. The van der Waals surface area contributed by atoms with Crippen molar-refractivity contribution < 1.29 is 23.9 Å². The average Bonchev–Trinajstić information content (AvgIpc) is 3.43. The summed E-state index contributed by atoms with van der Waals surface area (Å²) in [5.41, 5.74) is 1.89. The van der Waals surface area contributed by atoms with Crippen molar-refractivity contribution in [1.82, 2.24) is 10.6 Å². The smallest absolute Gasteiger partial charge is 0.242 e. The number of nitrogens with zero attached hydrogens (tertiary/aromatic N) is 1. The Bertz CT molecular complexity index is 994. The van der Waals surface area contributed by atoms with Crippen LogP contribution in [-0.2, 0) is 20.8 Å². The van der Waals surface area contributed by atoms with Gasteiger partial charge >= 0.3 is 0 Å². The minimum atomic E-state index is -0.672. The van der Waals surface area contributed by atoms with Crippen LogP contribution in [0.15, 0.2) is 48.5 Å². The Kier molecular flexibility index (Phi) is 6.58. The van der Waals surface area contributed by atoms with Crippen LogP contribution in [-0.4, -0.2) is 43.6 Å². The molecule has 2 aromatic rings. The highest BCUT2D eigenvalue weighted by molar-refractivity contribution is 6.01. The van der Waals surface area contributed by atoms with E-state index in [0.717, 1.165) is 12.8 Å². The van der Waals surface area contributed by atoms with E-state index in [1.807, 2.05) is 18.2 Å². The van der Waals surface area contributed by atoms with Crippen LogP contribution in [0.5, 0.6) is 11.5 Å². The molecule has 168 valence electrons. The van der Waals surface area contributed by atoms with Crippen molar-refractivity contribution in [2.24, 2.45) is 5.92 Å². The van der Waals surface area contributed by atoms with Gasteiger partial charge in [-0.2, -0.15) is 0 Å². The topological polar surface area (TPSA) is 97.0 Å². The molecule has 8 heteroatoms. The Morgan fingerprint density at radius 3 is 2.72 bits per heavy atom. The van der Waals surface area contributed by atoms with Gasteiger partial charge in [-0.3, -0.25) is 14.4 Å². The van der Waals surface area contributed by atoms with Gasteiger partial charge in [-0.15, -0.1) is 0 Å². The third-order valence-corrected chi connectivity index (χ3v) is 5.70. The maximum Gasteiger partial charge on any atom is 0.242 e. The normalized spacial score (nSPS) is 17.8. The third kappa shape index (κ3) is 5.01. The van der Waals surface area contributed by atoms with Crippen LogP contribution in [0.3, 0.4) is 0 Å². The lowest BCUT2D eigenvalue weighted by molar-refractivity contribution is -0.130. The average molecular weight is 437 g/mol. The van der Waals surface area contributed by atoms with E-state index in [9.17, 15) is 14.4 Å². The summed E-state index contributed by atoms with van der Waals surface area (Å²) >= 11 is 0. The van der Waals surface area contributed by atoms with E-state index in [-0.39, 0.29) is 37.5 Å². The summed E-state index contributed by atoms with van der Waals surface area (Å²) < 4.78 is 10.7. The van der Waals surface area contributed by atoms with Gasteiger partial charge in [0.15, 0.2) is 11.5 Å². The molecule has 2 aromatic carbocycles. The number of aryl methyl sites for hydroxylation is 1. The fourth-order valence-electron chi connectivity index (χ4n) is 3.88. The van der Waals surface area contributed by atoms with Crippen LogP contribution in [0, 0.1) is 5.92 Å². The molecule has 0 aliphatic carbocycles. The van der Waals surface area contributed by atoms with Crippen LogP contribution in [0.25, 0.3) is 0 Å². The second-order valence-corrected chi connectivity index (χ2v) is 8.05. The van der Waals surface area contributed by atoms with Gasteiger partial charge in [-0.05, 0) is 37.5 Å². The SMILES string of the molecule is C[C@H](NC(=O)[C@H]1CC(=O)N(c2ccc3c(c2)OCO3)C1)C(=O)NCCCc1ccccc1. The van der Waals surface area contributed by atoms with Crippen LogP contribution >= 0.6 is 0 Å². The van der Waals surface area contributed by atoms with Crippen molar-refractivity contribution in [3.63, 3.8) is 0 Å². The Morgan fingerprint density at radius 1 is 1.12 bits per heavy atom. The first-order valence-corrected chi connectivity index (χ1v) is 10.8. The highest BCUT2D eigenvalue weighted by Gasteiger charge is 2.36. The molecule has 0 spiro atoms. The molecule has 0 unspecified atom stereocenters. The number of benzene rings is 2. The number of hydrogen-bond acceptors (Lipinski definition) is 5. The molecule has 2 atom stereocenters. The number of fused-ring (bicyclic) bond motifs is 1. The van der Waals surface area contributed by atoms with Gasteiger partial charge in [-0.25, -0.2) is 0 Å². The lowest BCUT2D eigenvalue weighted by Crippen LogP contribution is -2.47. The van der Waals surface area contributed by atoms with Crippen molar-refractivity contribution in [3.05, 3.63) is 54.1 Å². The monoisotopic (exact) mass is 437 g/mol. The fourth-order valence-corrected chi connectivity index (χ4v) is 3.88. The summed E-state index contributed by atoms with van der Waals surface area (Å²) in [6.45, 7) is 2.60. The highest BCUT2D eigenvalue weighted by atomic mass is 16.7. The van der Waals surface area contributed by atoms with Gasteiger partial charge in [-0.1, -0.05) is 30.3 Å². The number of rotatable bonds is 8. The molecule has 1 saturated heterocycles. The molecule has 0 aromatic heterocycles. The number of nitrogens with one attached hydrogen (secondary N) is 2. The highest BCUT2D eigenvalue weighted by Crippen LogP contribution is 2.37. The summed E-state index contributed by atoms with van der Waals surface area (Å²) in [7, 11) is 0. The standard InChI is InChI=1S/C24H27N3O5/c1-16(23(29)25-11-5-8-17-6-3-2-4-7-17)26-24(30)18-12-22(28)27(14-18)19-9-10-20-21(13-19)32-15-31-20/h2-4,6-7,9-10,13,16,18H,5,8,11-12,14-15H2,1H3,(H,25,29)(H,26,30)/t16-,18-/m0/s1. The number of carbonyl (C=O) groups excluding carboxylic acids is 3. The zero-order chi connectivity index (χ0) is 22.5. The Labute approximate surface area is 186 Å². The summed E-state index contributed by atoms with van der Waals surface area (Å²) in [4.78, 5) is 39.1. The fraction of sp³-hybridized carbons (Fsp3) is 0.375. The third-order valence-electron chi connectivity index (χ3n) is 5.70. The first-order valence-electron chi connectivity index (χ1n) is 10.8. The second kappa shape index (κ2) is 9.72. The molecule has 8 nitrogen and oxygen atoms in total. The Morgan fingerprint density at radius 2 is 1.91 bits per heavy atom. The number of amides is 3. The molecule has 2 aliphatic heterocycles. The van der Waals surface area contributed by atoms with Crippen molar-refractivity contribution in [3.8, 4) is 11.5 Å². The molecule has 3 amide bonds. The minimum Gasteiger partial charge on any atom is -0.454 e. The van der Waals surface area contributed by atoms with Gasteiger partial charge in [0, 0.05) is 31.3 Å². The summed E-state index contributed by atoms with van der Waals surface area (Å²) in [5.74, 6) is 0.0410. The zero-order valence-electron chi connectivity index (χ0n) is 18.0. The molecular weight excluding hydrogens is 410 g/mol. The Balaban J connectivity index is 1.23. The van der Waals surface area contributed by atoms with Gasteiger partial charge in [0.05, 0.1) is 5.92 Å². The zero-order valence-corrected chi connectivity index (χ0v) is 18.0. The van der Waals surface area contributed by atoms with E-state index in [4.69, 9.17) is 9.47 Å². The molecule has 0 saturated carbocycles. The maximum absolute atomic E-state index is 12.7. The van der Waals surface area contributed by atoms with Crippen molar-refractivity contribution in [2.45, 2.75) is 32.2 Å². The quantitative estimate of drug-likeness (QED) is 0.616. The number of anilines is 1. The predicted octanol–water partition coefficient (Wildman–Crippen LogP) is 2.02. The first kappa shape index (κ1) is 21.7. The number of ether oxygens (including phenoxy) is 2.